The number of nitrogen functional groups attached to an aromatic ring is 1. The summed E-state index contributed by atoms with van der Waals surface area (Å²) in [6, 6.07) is 9.08. The van der Waals surface area contributed by atoms with Gasteiger partial charge in [0.15, 0.2) is 16.7 Å². The molecule has 0 saturated heterocycles. The largest absolute Gasteiger partial charge is 0.493 e. The van der Waals surface area contributed by atoms with Crippen LogP contribution < -0.4 is 15.2 Å². The number of hydrogen-bond acceptors (Lipinski definition) is 4. The first-order valence-corrected chi connectivity index (χ1v) is 5.68. The number of pyridine rings is 1. The van der Waals surface area contributed by atoms with E-state index < -0.39 is 0 Å². The summed E-state index contributed by atoms with van der Waals surface area (Å²) < 4.78 is 10.4. The van der Waals surface area contributed by atoms with Crippen LogP contribution in [0.3, 0.4) is 0 Å². The standard InChI is InChI=1S/C13H13ClN2O2/c1-17-11-6-3-8(7-12(11)18-2)10-5-4-9(15)13(14)16-10/h3-7H,15H2,1-2H3. The molecule has 0 radical (unpaired) electrons. The Morgan fingerprint density at radius 3 is 2.39 bits per heavy atom. The van der Waals surface area contributed by atoms with Gasteiger partial charge < -0.3 is 15.2 Å². The zero-order valence-electron chi connectivity index (χ0n) is 10.1. The number of nitrogens with zero attached hydrogens (tertiary/aromatic N) is 1. The van der Waals surface area contributed by atoms with Crippen LogP contribution in [0.1, 0.15) is 0 Å². The Hall–Kier alpha value is -1.94. The summed E-state index contributed by atoms with van der Waals surface area (Å²) in [6.07, 6.45) is 0. The van der Waals surface area contributed by atoms with E-state index in [9.17, 15) is 0 Å². The van der Waals surface area contributed by atoms with Gasteiger partial charge in [-0.3, -0.25) is 0 Å². The van der Waals surface area contributed by atoms with Gasteiger partial charge >= 0.3 is 0 Å². The number of halogens is 1. The molecule has 0 saturated carbocycles. The Kier molecular flexibility index (Phi) is 3.58. The van der Waals surface area contributed by atoms with Gasteiger partial charge in [0, 0.05) is 5.56 Å². The van der Waals surface area contributed by atoms with Crippen molar-refractivity contribution in [1.29, 1.82) is 0 Å². The number of hydrogen-bond donors (Lipinski definition) is 1. The molecule has 2 N–H and O–H groups in total. The predicted octanol–water partition coefficient (Wildman–Crippen LogP) is 3.00. The number of nitrogens with two attached hydrogens (primary N) is 1. The molecule has 1 aromatic heterocycles. The zero-order valence-corrected chi connectivity index (χ0v) is 10.9. The molecule has 0 aliphatic carbocycles. The normalized spacial score (nSPS) is 10.2. The minimum atomic E-state index is 0.294. The Bertz CT molecular complexity index is 573. The van der Waals surface area contributed by atoms with Crippen molar-refractivity contribution in [2.45, 2.75) is 0 Å². The SMILES string of the molecule is COc1ccc(-c2ccc(N)c(Cl)n2)cc1OC. The van der Waals surface area contributed by atoms with Gasteiger partial charge in [0.1, 0.15) is 0 Å². The highest BCUT2D eigenvalue weighted by molar-refractivity contribution is 6.31. The lowest BCUT2D eigenvalue weighted by Gasteiger charge is -2.09. The van der Waals surface area contributed by atoms with Crippen LogP contribution in [0.15, 0.2) is 30.3 Å². The first kappa shape index (κ1) is 12.5. The predicted molar refractivity (Wildman–Crippen MR) is 72.2 cm³/mol. The highest BCUT2D eigenvalue weighted by Crippen LogP contribution is 2.32. The molecule has 0 aliphatic rings. The molecule has 2 rings (SSSR count). The average molecular weight is 265 g/mol. The maximum Gasteiger partial charge on any atom is 0.161 e. The van der Waals surface area contributed by atoms with Gasteiger partial charge in [-0.25, -0.2) is 4.98 Å². The second kappa shape index (κ2) is 5.14. The highest BCUT2D eigenvalue weighted by atomic mass is 35.5. The Labute approximate surface area is 110 Å². The van der Waals surface area contributed by atoms with Crippen molar-refractivity contribution in [3.05, 3.63) is 35.5 Å². The fraction of sp³-hybridized carbons (Fsp3) is 0.154. The van der Waals surface area contributed by atoms with Gasteiger partial charge in [0.05, 0.1) is 25.6 Å². The van der Waals surface area contributed by atoms with Crippen molar-refractivity contribution >= 4 is 17.3 Å². The molecule has 0 bridgehead atoms. The number of anilines is 1. The molecule has 4 nitrogen and oxygen atoms in total. The Morgan fingerprint density at radius 1 is 1.06 bits per heavy atom. The molecule has 94 valence electrons. The van der Waals surface area contributed by atoms with Crippen LogP contribution in [0.5, 0.6) is 11.5 Å². The van der Waals surface area contributed by atoms with Crippen LogP contribution in [-0.4, -0.2) is 19.2 Å². The first-order chi connectivity index (χ1) is 8.65. The van der Waals surface area contributed by atoms with Crippen molar-refractivity contribution in [2.75, 3.05) is 20.0 Å². The molecule has 0 spiro atoms. The average Bonchev–Trinajstić information content (AvgIpc) is 2.41. The molecule has 0 atom stereocenters. The van der Waals surface area contributed by atoms with E-state index in [1.165, 1.54) is 0 Å². The smallest absolute Gasteiger partial charge is 0.161 e. The molecule has 18 heavy (non-hydrogen) atoms. The Morgan fingerprint density at radius 2 is 1.78 bits per heavy atom. The number of ether oxygens (including phenoxy) is 2. The molecule has 5 heteroatoms. The summed E-state index contributed by atoms with van der Waals surface area (Å²) in [6.45, 7) is 0. The summed E-state index contributed by atoms with van der Waals surface area (Å²) in [5, 5.41) is 0.294. The van der Waals surface area contributed by atoms with Crippen LogP contribution >= 0.6 is 11.6 Å². The molecule has 1 heterocycles. The fourth-order valence-electron chi connectivity index (χ4n) is 1.60. The lowest BCUT2D eigenvalue weighted by Crippen LogP contribution is -1.93. The topological polar surface area (TPSA) is 57.4 Å². The third-order valence-electron chi connectivity index (χ3n) is 2.56. The van der Waals surface area contributed by atoms with Crippen molar-refractivity contribution in [3.8, 4) is 22.8 Å². The molecular weight excluding hydrogens is 252 g/mol. The molecule has 0 fully saturated rings. The summed E-state index contributed by atoms with van der Waals surface area (Å²) in [4.78, 5) is 4.22. The van der Waals surface area contributed by atoms with Crippen molar-refractivity contribution in [2.24, 2.45) is 0 Å². The minimum absolute atomic E-state index is 0.294. The molecular formula is C13H13ClN2O2. The van der Waals surface area contributed by atoms with Crippen LogP contribution in [-0.2, 0) is 0 Å². The van der Waals surface area contributed by atoms with Crippen molar-refractivity contribution in [1.82, 2.24) is 4.98 Å². The van der Waals surface area contributed by atoms with Gasteiger partial charge in [0.2, 0.25) is 0 Å². The third-order valence-corrected chi connectivity index (χ3v) is 2.86. The second-order valence-electron chi connectivity index (χ2n) is 3.65. The minimum Gasteiger partial charge on any atom is -0.493 e. The highest BCUT2D eigenvalue weighted by Gasteiger charge is 2.08. The summed E-state index contributed by atoms with van der Waals surface area (Å²) >= 11 is 5.90. The van der Waals surface area contributed by atoms with Gasteiger partial charge in [0.25, 0.3) is 0 Å². The van der Waals surface area contributed by atoms with E-state index in [1.54, 1.807) is 20.3 Å². The molecule has 0 unspecified atom stereocenters. The van der Waals surface area contributed by atoms with Crippen LogP contribution in [0.2, 0.25) is 5.15 Å². The number of aromatic nitrogens is 1. The summed E-state index contributed by atoms with van der Waals surface area (Å²) in [7, 11) is 3.18. The van der Waals surface area contributed by atoms with E-state index in [-0.39, 0.29) is 0 Å². The number of methoxy groups -OCH3 is 2. The van der Waals surface area contributed by atoms with E-state index in [1.807, 2.05) is 24.3 Å². The van der Waals surface area contributed by atoms with Gasteiger partial charge in [-0.05, 0) is 30.3 Å². The molecule has 2 aromatic rings. The second-order valence-corrected chi connectivity index (χ2v) is 4.00. The lowest BCUT2D eigenvalue weighted by atomic mass is 10.1. The zero-order chi connectivity index (χ0) is 13.1. The van der Waals surface area contributed by atoms with E-state index >= 15 is 0 Å². The summed E-state index contributed by atoms with van der Waals surface area (Å²) in [5.41, 5.74) is 7.70. The van der Waals surface area contributed by atoms with E-state index in [2.05, 4.69) is 4.98 Å². The Balaban J connectivity index is 2.47. The first-order valence-electron chi connectivity index (χ1n) is 5.30. The number of rotatable bonds is 3. The summed E-state index contributed by atoms with van der Waals surface area (Å²) in [5.74, 6) is 1.31. The van der Waals surface area contributed by atoms with Crippen LogP contribution in [0.25, 0.3) is 11.3 Å². The van der Waals surface area contributed by atoms with E-state index in [0.717, 1.165) is 11.3 Å². The van der Waals surface area contributed by atoms with Crippen molar-refractivity contribution in [3.63, 3.8) is 0 Å². The van der Waals surface area contributed by atoms with Crippen molar-refractivity contribution < 1.29 is 9.47 Å². The maximum atomic E-state index is 5.90. The fourth-order valence-corrected chi connectivity index (χ4v) is 1.76. The lowest BCUT2D eigenvalue weighted by molar-refractivity contribution is 0.355. The molecule has 1 aromatic carbocycles. The number of benzene rings is 1. The van der Waals surface area contributed by atoms with Gasteiger partial charge in [-0.1, -0.05) is 11.6 Å². The van der Waals surface area contributed by atoms with E-state index in [0.29, 0.717) is 22.3 Å². The van der Waals surface area contributed by atoms with Crippen LogP contribution in [0.4, 0.5) is 5.69 Å². The quantitative estimate of drug-likeness (QED) is 0.866. The third kappa shape index (κ3) is 2.33. The van der Waals surface area contributed by atoms with E-state index in [4.69, 9.17) is 26.8 Å². The van der Waals surface area contributed by atoms with Gasteiger partial charge in [-0.2, -0.15) is 0 Å². The van der Waals surface area contributed by atoms with Gasteiger partial charge in [-0.15, -0.1) is 0 Å². The molecule has 0 aliphatic heterocycles. The van der Waals surface area contributed by atoms with Crippen LogP contribution in [0, 0.1) is 0 Å². The monoisotopic (exact) mass is 264 g/mol. The maximum absolute atomic E-state index is 5.90. The molecule has 0 amide bonds.